The van der Waals surface area contributed by atoms with Gasteiger partial charge < -0.3 is 9.88 Å². The first-order chi connectivity index (χ1) is 7.90. The topological polar surface area (TPSA) is 29.9 Å². The van der Waals surface area contributed by atoms with Gasteiger partial charge in [-0.1, -0.05) is 6.92 Å². The van der Waals surface area contributed by atoms with Crippen LogP contribution in [0.2, 0.25) is 0 Å². The number of aromatic nitrogens is 2. The van der Waals surface area contributed by atoms with Crippen LogP contribution in [-0.2, 0) is 19.4 Å². The summed E-state index contributed by atoms with van der Waals surface area (Å²) in [5.41, 5.74) is 2.85. The molecule has 0 spiro atoms. The van der Waals surface area contributed by atoms with Gasteiger partial charge in [0.25, 0.3) is 0 Å². The minimum Gasteiger partial charge on any atom is -0.330 e. The Kier molecular flexibility index (Phi) is 2.72. The molecule has 1 aromatic rings. The first-order valence-electron chi connectivity index (χ1n) is 6.71. The molecule has 0 aromatic carbocycles. The minimum atomic E-state index is 0.578. The lowest BCUT2D eigenvalue weighted by atomic mass is 10.1. The minimum absolute atomic E-state index is 0.578. The van der Waals surface area contributed by atoms with Crippen molar-refractivity contribution >= 4 is 0 Å². The van der Waals surface area contributed by atoms with Crippen molar-refractivity contribution in [3.8, 4) is 0 Å². The molecule has 1 unspecified atom stereocenters. The number of nitrogens with zero attached hydrogens (tertiary/aromatic N) is 2. The lowest BCUT2D eigenvalue weighted by Crippen LogP contribution is -2.21. The molecule has 3 rings (SSSR count). The average Bonchev–Trinajstić information content (AvgIpc) is 2.94. The summed E-state index contributed by atoms with van der Waals surface area (Å²) in [7, 11) is 0. The van der Waals surface area contributed by atoms with E-state index in [-0.39, 0.29) is 0 Å². The molecule has 3 heteroatoms. The lowest BCUT2D eigenvalue weighted by Gasteiger charge is -2.20. The summed E-state index contributed by atoms with van der Waals surface area (Å²) in [6, 6.07) is 0.578. The Bertz CT molecular complexity index is 375. The standard InChI is InChI=1S/C13H21N3/c1-2-10-13(11-6-5-8-14-11)16-9-4-3-7-12(16)15-10/h11,14H,2-9H2,1H3. The Morgan fingerprint density at radius 3 is 3.06 bits per heavy atom. The van der Waals surface area contributed by atoms with Gasteiger partial charge in [0.2, 0.25) is 0 Å². The van der Waals surface area contributed by atoms with E-state index in [4.69, 9.17) is 4.98 Å². The van der Waals surface area contributed by atoms with Crippen molar-refractivity contribution in [2.24, 2.45) is 0 Å². The number of hydrogen-bond donors (Lipinski definition) is 1. The Morgan fingerprint density at radius 1 is 1.38 bits per heavy atom. The van der Waals surface area contributed by atoms with Gasteiger partial charge in [0, 0.05) is 19.0 Å². The smallest absolute Gasteiger partial charge is 0.109 e. The quantitative estimate of drug-likeness (QED) is 0.826. The first kappa shape index (κ1) is 10.3. The second kappa shape index (κ2) is 4.21. The normalized spacial score (nSPS) is 24.7. The monoisotopic (exact) mass is 219 g/mol. The third kappa shape index (κ3) is 1.58. The largest absolute Gasteiger partial charge is 0.330 e. The number of imidazole rings is 1. The summed E-state index contributed by atoms with van der Waals surface area (Å²) >= 11 is 0. The van der Waals surface area contributed by atoms with Gasteiger partial charge in [0.1, 0.15) is 5.82 Å². The fraction of sp³-hybridized carbons (Fsp3) is 0.769. The number of fused-ring (bicyclic) bond motifs is 1. The molecule has 0 bridgehead atoms. The molecule has 1 N–H and O–H groups in total. The zero-order valence-corrected chi connectivity index (χ0v) is 10.1. The summed E-state index contributed by atoms with van der Waals surface area (Å²) in [4.78, 5) is 4.84. The molecule has 1 fully saturated rings. The van der Waals surface area contributed by atoms with Crippen molar-refractivity contribution in [2.45, 2.75) is 58.0 Å². The van der Waals surface area contributed by atoms with Crippen molar-refractivity contribution < 1.29 is 0 Å². The third-order valence-corrected chi connectivity index (χ3v) is 3.92. The van der Waals surface area contributed by atoms with Crippen LogP contribution in [0.15, 0.2) is 0 Å². The van der Waals surface area contributed by atoms with Gasteiger partial charge in [-0.25, -0.2) is 4.98 Å². The highest BCUT2D eigenvalue weighted by Crippen LogP contribution is 2.30. The fourth-order valence-electron chi connectivity index (χ4n) is 3.13. The SMILES string of the molecule is CCc1nc2n(c1C1CCCN1)CCCC2. The molecule has 88 valence electrons. The summed E-state index contributed by atoms with van der Waals surface area (Å²) in [5.74, 6) is 1.34. The highest BCUT2D eigenvalue weighted by Gasteiger charge is 2.26. The molecule has 2 aliphatic heterocycles. The van der Waals surface area contributed by atoms with Gasteiger partial charge in [-0.2, -0.15) is 0 Å². The van der Waals surface area contributed by atoms with Crippen molar-refractivity contribution in [1.29, 1.82) is 0 Å². The van der Waals surface area contributed by atoms with Crippen LogP contribution in [0.1, 0.15) is 55.9 Å². The second-order valence-electron chi connectivity index (χ2n) is 4.97. The number of hydrogen-bond acceptors (Lipinski definition) is 2. The molecule has 0 amide bonds. The van der Waals surface area contributed by atoms with Gasteiger partial charge >= 0.3 is 0 Å². The van der Waals surface area contributed by atoms with Crippen LogP contribution in [0.5, 0.6) is 0 Å². The van der Waals surface area contributed by atoms with Crippen molar-refractivity contribution in [2.75, 3.05) is 6.54 Å². The van der Waals surface area contributed by atoms with Gasteiger partial charge in [0.05, 0.1) is 11.4 Å². The Morgan fingerprint density at radius 2 is 2.31 bits per heavy atom. The van der Waals surface area contributed by atoms with E-state index in [1.54, 1.807) is 0 Å². The van der Waals surface area contributed by atoms with E-state index >= 15 is 0 Å². The number of rotatable bonds is 2. The van der Waals surface area contributed by atoms with E-state index in [2.05, 4.69) is 16.8 Å². The van der Waals surface area contributed by atoms with Crippen LogP contribution < -0.4 is 5.32 Å². The van der Waals surface area contributed by atoms with Crippen molar-refractivity contribution in [3.05, 3.63) is 17.2 Å². The predicted octanol–water partition coefficient (Wildman–Crippen LogP) is 2.21. The highest BCUT2D eigenvalue weighted by atomic mass is 15.1. The summed E-state index contributed by atoms with van der Waals surface area (Å²) in [6.07, 6.45) is 7.50. The van der Waals surface area contributed by atoms with Crippen LogP contribution in [-0.4, -0.2) is 16.1 Å². The molecule has 3 nitrogen and oxygen atoms in total. The molecule has 0 aliphatic carbocycles. The Balaban J connectivity index is 2.02. The van der Waals surface area contributed by atoms with E-state index in [1.807, 2.05) is 0 Å². The Labute approximate surface area is 97.3 Å². The van der Waals surface area contributed by atoms with Gasteiger partial charge in [0.15, 0.2) is 0 Å². The van der Waals surface area contributed by atoms with E-state index in [1.165, 1.54) is 62.4 Å². The molecule has 16 heavy (non-hydrogen) atoms. The van der Waals surface area contributed by atoms with E-state index < -0.39 is 0 Å². The molecular weight excluding hydrogens is 198 g/mol. The molecule has 0 saturated carbocycles. The maximum Gasteiger partial charge on any atom is 0.109 e. The molecule has 1 saturated heterocycles. The second-order valence-corrected chi connectivity index (χ2v) is 4.97. The highest BCUT2D eigenvalue weighted by molar-refractivity contribution is 5.23. The summed E-state index contributed by atoms with van der Waals surface area (Å²) < 4.78 is 2.51. The Hall–Kier alpha value is -0.830. The van der Waals surface area contributed by atoms with Gasteiger partial charge in [-0.15, -0.1) is 0 Å². The molecule has 1 atom stereocenters. The summed E-state index contributed by atoms with van der Waals surface area (Å²) in [5, 5.41) is 3.62. The van der Waals surface area contributed by atoms with Crippen LogP contribution >= 0.6 is 0 Å². The zero-order chi connectivity index (χ0) is 11.0. The maximum absolute atomic E-state index is 4.84. The molecular formula is C13H21N3. The van der Waals surface area contributed by atoms with Gasteiger partial charge in [-0.05, 0) is 38.6 Å². The van der Waals surface area contributed by atoms with Crippen molar-refractivity contribution in [3.63, 3.8) is 0 Å². The average molecular weight is 219 g/mol. The first-order valence-corrected chi connectivity index (χ1v) is 6.71. The van der Waals surface area contributed by atoms with E-state index in [9.17, 15) is 0 Å². The molecule has 1 aromatic heterocycles. The van der Waals surface area contributed by atoms with Crippen molar-refractivity contribution in [1.82, 2.24) is 14.9 Å². The van der Waals surface area contributed by atoms with E-state index in [0.29, 0.717) is 6.04 Å². The fourth-order valence-corrected chi connectivity index (χ4v) is 3.13. The lowest BCUT2D eigenvalue weighted by molar-refractivity contribution is 0.481. The van der Waals surface area contributed by atoms with Gasteiger partial charge in [-0.3, -0.25) is 0 Å². The predicted molar refractivity (Wildman–Crippen MR) is 64.5 cm³/mol. The van der Waals surface area contributed by atoms with E-state index in [0.717, 1.165) is 6.42 Å². The van der Waals surface area contributed by atoms with Crippen LogP contribution in [0, 0.1) is 0 Å². The van der Waals surface area contributed by atoms with Crippen LogP contribution in [0.4, 0.5) is 0 Å². The summed E-state index contributed by atoms with van der Waals surface area (Å²) in [6.45, 7) is 4.59. The third-order valence-electron chi connectivity index (χ3n) is 3.92. The molecule has 0 radical (unpaired) electrons. The number of nitrogens with one attached hydrogen (secondary N) is 1. The maximum atomic E-state index is 4.84. The molecule has 2 aliphatic rings. The van der Waals surface area contributed by atoms with Crippen LogP contribution in [0.3, 0.4) is 0 Å². The molecule has 3 heterocycles. The van der Waals surface area contributed by atoms with Crippen LogP contribution in [0.25, 0.3) is 0 Å². The zero-order valence-electron chi connectivity index (χ0n) is 10.1. The number of aryl methyl sites for hydroxylation is 2.